The van der Waals surface area contributed by atoms with Crippen molar-refractivity contribution in [1.82, 2.24) is 14.6 Å². The smallest absolute Gasteiger partial charge is 0.253 e. The third kappa shape index (κ3) is 4.83. The van der Waals surface area contributed by atoms with Crippen LogP contribution >= 0.6 is 0 Å². The maximum Gasteiger partial charge on any atom is 0.253 e. The number of methoxy groups -OCH3 is 1. The van der Waals surface area contributed by atoms with Gasteiger partial charge in [0, 0.05) is 36.0 Å². The number of carbonyl (C=O) groups is 1. The van der Waals surface area contributed by atoms with E-state index in [1.807, 2.05) is 19.9 Å². The fraction of sp³-hybridized carbons (Fsp3) is 0.455. The van der Waals surface area contributed by atoms with E-state index in [2.05, 4.69) is 10.3 Å². The van der Waals surface area contributed by atoms with Gasteiger partial charge >= 0.3 is 0 Å². The predicted octanol–water partition coefficient (Wildman–Crippen LogP) is 2.49. The van der Waals surface area contributed by atoms with Crippen molar-refractivity contribution in [2.24, 2.45) is 0 Å². The van der Waals surface area contributed by atoms with Crippen molar-refractivity contribution in [3.05, 3.63) is 57.0 Å². The van der Waals surface area contributed by atoms with Crippen LogP contribution in [0.2, 0.25) is 0 Å². The second kappa shape index (κ2) is 9.23. The molecule has 0 aliphatic carbocycles. The summed E-state index contributed by atoms with van der Waals surface area (Å²) in [6, 6.07) is 6.06. The first kappa shape index (κ1) is 23.0. The first-order chi connectivity index (χ1) is 14.6. The minimum Gasteiger partial charge on any atom is -0.495 e. The number of ether oxygens (including phenoxy) is 1. The molecule has 0 saturated carbocycles. The Labute approximate surface area is 182 Å². The first-order valence-corrected chi connectivity index (χ1v) is 11.8. The molecule has 1 atom stereocenters. The van der Waals surface area contributed by atoms with Crippen molar-refractivity contribution in [3.63, 3.8) is 0 Å². The number of H-pyrrole nitrogens is 1. The molecule has 3 rings (SSSR count). The summed E-state index contributed by atoms with van der Waals surface area (Å²) in [5.74, 6) is -0.273. The monoisotopic (exact) mass is 447 g/mol. The zero-order chi connectivity index (χ0) is 22.8. The summed E-state index contributed by atoms with van der Waals surface area (Å²) in [7, 11) is -2.42. The lowest BCUT2D eigenvalue weighted by atomic mass is 10.1. The van der Waals surface area contributed by atoms with E-state index in [4.69, 9.17) is 4.74 Å². The van der Waals surface area contributed by atoms with Gasteiger partial charge in [0.1, 0.15) is 10.6 Å². The standard InChI is InChI=1S/C22H29N3O5S/c1-14-11-15(2)24-22(27)18(14)13-23-21(26)17-8-9-19(30-4)20(12-17)31(28,29)25-10-6-5-7-16(25)3/h8-9,11-12,16H,5-7,10,13H2,1-4H3,(H,23,26)(H,24,27). The summed E-state index contributed by atoms with van der Waals surface area (Å²) in [5, 5.41) is 2.71. The number of benzene rings is 1. The van der Waals surface area contributed by atoms with E-state index in [0.717, 1.165) is 30.5 Å². The Hall–Kier alpha value is -2.65. The van der Waals surface area contributed by atoms with Crippen molar-refractivity contribution in [2.75, 3.05) is 13.7 Å². The van der Waals surface area contributed by atoms with Gasteiger partial charge in [-0.15, -0.1) is 0 Å². The van der Waals surface area contributed by atoms with Crippen molar-refractivity contribution in [2.45, 2.75) is 57.5 Å². The lowest BCUT2D eigenvalue weighted by Gasteiger charge is -2.32. The van der Waals surface area contributed by atoms with E-state index in [0.29, 0.717) is 12.1 Å². The molecule has 1 saturated heterocycles. The number of hydrogen-bond donors (Lipinski definition) is 2. The van der Waals surface area contributed by atoms with Crippen LogP contribution in [-0.2, 0) is 16.6 Å². The molecule has 0 bridgehead atoms. The number of hydrogen-bond acceptors (Lipinski definition) is 5. The Kier molecular flexibility index (Phi) is 6.86. The summed E-state index contributed by atoms with van der Waals surface area (Å²) in [6.45, 7) is 5.97. The van der Waals surface area contributed by atoms with E-state index < -0.39 is 15.9 Å². The van der Waals surface area contributed by atoms with Crippen molar-refractivity contribution < 1.29 is 17.9 Å². The number of amides is 1. The van der Waals surface area contributed by atoms with Gasteiger partial charge in [0.15, 0.2) is 0 Å². The molecule has 2 aromatic rings. The zero-order valence-corrected chi connectivity index (χ0v) is 19.1. The van der Waals surface area contributed by atoms with Gasteiger partial charge in [0.25, 0.3) is 11.5 Å². The highest BCUT2D eigenvalue weighted by Gasteiger charge is 2.33. The van der Waals surface area contributed by atoms with Crippen LogP contribution in [0.4, 0.5) is 0 Å². The molecule has 0 radical (unpaired) electrons. The Bertz CT molecular complexity index is 1140. The van der Waals surface area contributed by atoms with Crippen molar-refractivity contribution in [3.8, 4) is 5.75 Å². The van der Waals surface area contributed by atoms with E-state index in [1.54, 1.807) is 6.92 Å². The molecule has 168 valence electrons. The molecule has 1 aliphatic rings. The zero-order valence-electron chi connectivity index (χ0n) is 18.3. The number of piperidine rings is 1. The minimum atomic E-state index is -3.82. The topological polar surface area (TPSA) is 109 Å². The molecule has 2 N–H and O–H groups in total. The van der Waals surface area contributed by atoms with Gasteiger partial charge in [-0.2, -0.15) is 4.31 Å². The third-order valence-corrected chi connectivity index (χ3v) is 7.71. The number of aryl methyl sites for hydroxylation is 2. The molecule has 8 nitrogen and oxygen atoms in total. The van der Waals surface area contributed by atoms with Crippen LogP contribution in [0.5, 0.6) is 5.75 Å². The maximum atomic E-state index is 13.3. The number of nitrogens with zero attached hydrogens (tertiary/aromatic N) is 1. The summed E-state index contributed by atoms with van der Waals surface area (Å²) in [5.41, 5.74) is 1.91. The Morgan fingerprint density at radius 1 is 1.26 bits per heavy atom. The van der Waals surface area contributed by atoms with Gasteiger partial charge in [-0.1, -0.05) is 6.42 Å². The molecule has 1 fully saturated rings. The molecular formula is C22H29N3O5S. The van der Waals surface area contributed by atoms with E-state index in [-0.39, 0.29) is 34.4 Å². The lowest BCUT2D eigenvalue weighted by Crippen LogP contribution is -2.42. The second-order valence-electron chi connectivity index (χ2n) is 7.95. The number of rotatable bonds is 6. The van der Waals surface area contributed by atoms with Gasteiger partial charge < -0.3 is 15.0 Å². The largest absolute Gasteiger partial charge is 0.495 e. The highest BCUT2D eigenvalue weighted by molar-refractivity contribution is 7.89. The van der Waals surface area contributed by atoms with Crippen LogP contribution in [-0.4, -0.2) is 43.3 Å². The Morgan fingerprint density at radius 3 is 2.65 bits per heavy atom. The molecular weight excluding hydrogens is 418 g/mol. The average molecular weight is 448 g/mol. The molecule has 1 aromatic heterocycles. The van der Waals surface area contributed by atoms with Crippen LogP contribution in [0.25, 0.3) is 0 Å². The maximum absolute atomic E-state index is 13.3. The number of aromatic amines is 1. The molecule has 1 aromatic carbocycles. The third-order valence-electron chi connectivity index (χ3n) is 5.67. The summed E-state index contributed by atoms with van der Waals surface area (Å²) >= 11 is 0. The van der Waals surface area contributed by atoms with E-state index >= 15 is 0 Å². The van der Waals surface area contributed by atoms with Crippen molar-refractivity contribution >= 4 is 15.9 Å². The quantitative estimate of drug-likeness (QED) is 0.707. The highest BCUT2D eigenvalue weighted by atomic mass is 32.2. The summed E-state index contributed by atoms with van der Waals surface area (Å²) in [4.78, 5) is 27.6. The number of aromatic nitrogens is 1. The highest BCUT2D eigenvalue weighted by Crippen LogP contribution is 2.31. The second-order valence-corrected chi connectivity index (χ2v) is 9.81. The predicted molar refractivity (Wildman–Crippen MR) is 118 cm³/mol. The average Bonchev–Trinajstić information content (AvgIpc) is 2.72. The minimum absolute atomic E-state index is 0.0271. The summed E-state index contributed by atoms with van der Waals surface area (Å²) < 4.78 is 33.4. The first-order valence-electron chi connectivity index (χ1n) is 10.3. The fourth-order valence-electron chi connectivity index (χ4n) is 3.95. The Balaban J connectivity index is 1.88. The molecule has 1 unspecified atom stereocenters. The number of pyridine rings is 1. The van der Waals surface area contributed by atoms with Gasteiger partial charge in [0.2, 0.25) is 10.0 Å². The Morgan fingerprint density at radius 2 is 2.00 bits per heavy atom. The van der Waals surface area contributed by atoms with Crippen LogP contribution in [0.15, 0.2) is 34.0 Å². The molecule has 2 heterocycles. The van der Waals surface area contributed by atoms with Crippen LogP contribution in [0.3, 0.4) is 0 Å². The van der Waals surface area contributed by atoms with E-state index in [1.165, 1.54) is 29.6 Å². The van der Waals surface area contributed by atoms with Crippen molar-refractivity contribution in [1.29, 1.82) is 0 Å². The van der Waals surface area contributed by atoms with Gasteiger partial charge in [0.05, 0.1) is 7.11 Å². The molecule has 0 spiro atoms. The number of nitrogens with one attached hydrogen (secondary N) is 2. The molecule has 1 amide bonds. The number of carbonyl (C=O) groups excluding carboxylic acids is 1. The summed E-state index contributed by atoms with van der Waals surface area (Å²) in [6.07, 6.45) is 2.59. The van der Waals surface area contributed by atoms with Crippen LogP contribution in [0, 0.1) is 13.8 Å². The SMILES string of the molecule is COc1ccc(C(=O)NCc2c(C)cc(C)[nH]c2=O)cc1S(=O)(=O)N1CCCCC1C. The molecule has 31 heavy (non-hydrogen) atoms. The van der Waals surface area contributed by atoms with E-state index in [9.17, 15) is 18.0 Å². The van der Waals surface area contributed by atoms with Gasteiger partial charge in [-0.05, 0) is 63.4 Å². The van der Waals surface area contributed by atoms with Gasteiger partial charge in [-0.3, -0.25) is 9.59 Å². The molecule has 1 aliphatic heterocycles. The molecule has 9 heteroatoms. The van der Waals surface area contributed by atoms with Crippen LogP contribution < -0.4 is 15.6 Å². The van der Waals surface area contributed by atoms with Gasteiger partial charge in [-0.25, -0.2) is 8.42 Å². The fourth-order valence-corrected chi connectivity index (χ4v) is 5.83. The van der Waals surface area contributed by atoms with Crippen LogP contribution in [0.1, 0.15) is 53.4 Å². The number of sulfonamides is 1. The lowest BCUT2D eigenvalue weighted by molar-refractivity contribution is 0.0950. The normalized spacial score (nSPS) is 17.4.